The van der Waals surface area contributed by atoms with E-state index < -0.39 is 21.5 Å². The number of rotatable bonds is 11. The minimum atomic E-state index is -3.60. The number of methoxy groups -OCH3 is 1. The number of nitrogens with one attached hydrogen (secondary N) is 1. The maximum absolute atomic E-state index is 12.8. The van der Waals surface area contributed by atoms with Crippen LogP contribution in [0.25, 0.3) is 0 Å². The van der Waals surface area contributed by atoms with Crippen LogP contribution >= 0.6 is 15.9 Å². The molecule has 11 nitrogen and oxygen atoms in total. The van der Waals surface area contributed by atoms with Gasteiger partial charge in [0.1, 0.15) is 27.8 Å². The zero-order valence-electron chi connectivity index (χ0n) is 20.4. The molecular weight excluding hydrogens is 566 g/mol. The largest absolute Gasteiger partial charge is 0.485 e. The molecule has 3 N–H and O–H groups in total. The van der Waals surface area contributed by atoms with Gasteiger partial charge in [0, 0.05) is 38.9 Å². The molecular formula is C24H28BrN5O6S. The Morgan fingerprint density at radius 1 is 1.27 bits per heavy atom. The average molecular weight is 594 g/mol. The van der Waals surface area contributed by atoms with Crippen LogP contribution in [0.5, 0.6) is 17.4 Å². The number of ether oxygens (including phenoxy) is 3. The van der Waals surface area contributed by atoms with Gasteiger partial charge in [0.05, 0.1) is 17.3 Å². The molecule has 198 valence electrons. The summed E-state index contributed by atoms with van der Waals surface area (Å²) >= 11 is 3.35. The van der Waals surface area contributed by atoms with Gasteiger partial charge in [-0.1, -0.05) is 0 Å². The van der Waals surface area contributed by atoms with E-state index in [-0.39, 0.29) is 27.9 Å². The second kappa shape index (κ2) is 11.2. The topological polar surface area (TPSA) is 145 Å². The Kier molecular flexibility index (Phi) is 8.17. The van der Waals surface area contributed by atoms with Crippen molar-refractivity contribution in [1.29, 1.82) is 0 Å². The van der Waals surface area contributed by atoms with E-state index in [1.165, 1.54) is 28.7 Å². The number of carbonyl (C=O) groups is 1. The van der Waals surface area contributed by atoms with E-state index in [1.54, 1.807) is 32.5 Å². The Morgan fingerprint density at radius 2 is 2.00 bits per heavy atom. The van der Waals surface area contributed by atoms with Crippen LogP contribution in [0.3, 0.4) is 0 Å². The number of nitrogens with two attached hydrogens (primary N) is 1. The Balaban J connectivity index is 1.63. The lowest BCUT2D eigenvalue weighted by Gasteiger charge is -2.29. The van der Waals surface area contributed by atoms with Crippen molar-refractivity contribution < 1.29 is 27.4 Å². The van der Waals surface area contributed by atoms with Crippen molar-refractivity contribution in [1.82, 2.24) is 14.6 Å². The van der Waals surface area contributed by atoms with E-state index in [4.69, 9.17) is 19.9 Å². The van der Waals surface area contributed by atoms with E-state index >= 15 is 0 Å². The van der Waals surface area contributed by atoms with E-state index in [1.807, 2.05) is 0 Å². The third-order valence-corrected chi connectivity index (χ3v) is 8.21. The third kappa shape index (κ3) is 6.47. The van der Waals surface area contributed by atoms with Crippen molar-refractivity contribution in [3.05, 3.63) is 52.8 Å². The van der Waals surface area contributed by atoms with Crippen molar-refractivity contribution in [2.24, 2.45) is 10.7 Å². The molecule has 0 atom stereocenters. The first-order chi connectivity index (χ1) is 17.7. The van der Waals surface area contributed by atoms with Crippen LogP contribution in [-0.4, -0.2) is 68.9 Å². The number of nitrogens with zero attached hydrogens (tertiary/aromatic N) is 3. The molecule has 1 aromatic carbocycles. The maximum atomic E-state index is 12.8. The van der Waals surface area contributed by atoms with Crippen LogP contribution in [0.15, 0.2) is 57.1 Å². The maximum Gasteiger partial charge on any atom is 0.279 e. The van der Waals surface area contributed by atoms with Crippen molar-refractivity contribution in [2.75, 3.05) is 33.9 Å². The Bertz CT molecular complexity index is 1340. The minimum absolute atomic E-state index is 0.0228. The molecule has 1 saturated heterocycles. The molecule has 2 fully saturated rings. The molecule has 2 aromatic rings. The van der Waals surface area contributed by atoms with E-state index in [0.29, 0.717) is 29.9 Å². The number of aromatic nitrogens is 1. The predicted octanol–water partition coefficient (Wildman–Crippen LogP) is 2.82. The van der Waals surface area contributed by atoms with Crippen LogP contribution in [0.2, 0.25) is 0 Å². The molecule has 2 aliphatic rings. The second-order valence-corrected chi connectivity index (χ2v) is 11.5. The summed E-state index contributed by atoms with van der Waals surface area (Å²) < 4.78 is 44.4. The molecule has 13 heteroatoms. The minimum Gasteiger partial charge on any atom is -0.485 e. The highest BCUT2D eigenvalue weighted by Crippen LogP contribution is 2.42. The molecule has 0 unspecified atom stereocenters. The first-order valence-corrected chi connectivity index (χ1v) is 13.8. The summed E-state index contributed by atoms with van der Waals surface area (Å²) in [5, 5.41) is 2.78. The number of halogens is 1. The van der Waals surface area contributed by atoms with Crippen molar-refractivity contribution in [3.63, 3.8) is 0 Å². The number of amidine groups is 1. The van der Waals surface area contributed by atoms with Crippen molar-refractivity contribution in [3.8, 4) is 17.4 Å². The van der Waals surface area contributed by atoms with Crippen molar-refractivity contribution in [2.45, 2.75) is 29.8 Å². The van der Waals surface area contributed by atoms with Gasteiger partial charge in [-0.15, -0.1) is 0 Å². The van der Waals surface area contributed by atoms with Crippen LogP contribution in [-0.2, 0) is 14.8 Å². The molecule has 1 aromatic heterocycles. The van der Waals surface area contributed by atoms with Gasteiger partial charge in [0.25, 0.3) is 5.91 Å². The lowest BCUT2D eigenvalue weighted by molar-refractivity contribution is 0.0636. The van der Waals surface area contributed by atoms with E-state index in [9.17, 15) is 13.2 Å². The number of benzene rings is 1. The molecule has 1 aliphatic heterocycles. The Hall–Kier alpha value is -3.00. The van der Waals surface area contributed by atoms with Gasteiger partial charge in [0.15, 0.2) is 0 Å². The standard InChI is InChI=1S/C24H28BrN5O6S/c1-27-7-4-21(26)29-22(31)16-10-17(12-18(11-16)36-24(5-6-24)15-34-2)35-23-20(25)13-19(14-28-23)37(32,33)30-8-3-9-30/h4,7,10-14,27H,3,5-6,8-9,15H2,1-2H3,(H2,26,29,31)/b7-4-. The van der Waals surface area contributed by atoms with Gasteiger partial charge >= 0.3 is 0 Å². The molecule has 0 spiro atoms. The molecule has 0 radical (unpaired) electrons. The van der Waals surface area contributed by atoms with Gasteiger partial charge < -0.3 is 25.3 Å². The van der Waals surface area contributed by atoms with Crippen LogP contribution in [0.1, 0.15) is 29.6 Å². The first kappa shape index (κ1) is 27.0. The molecule has 37 heavy (non-hydrogen) atoms. The number of aliphatic imine (C=N–C) groups is 1. The lowest BCUT2D eigenvalue weighted by Crippen LogP contribution is -2.41. The number of pyridine rings is 1. The van der Waals surface area contributed by atoms with Crippen LogP contribution in [0.4, 0.5) is 0 Å². The normalized spacial score (nSPS) is 17.3. The van der Waals surface area contributed by atoms with Crippen molar-refractivity contribution >= 4 is 37.7 Å². The highest BCUT2D eigenvalue weighted by molar-refractivity contribution is 9.10. The number of hydrogen-bond donors (Lipinski definition) is 2. The molecule has 2 heterocycles. The van der Waals surface area contributed by atoms with Gasteiger partial charge in [-0.25, -0.2) is 13.4 Å². The van der Waals surface area contributed by atoms with Gasteiger partial charge in [0.2, 0.25) is 15.9 Å². The van der Waals surface area contributed by atoms with Gasteiger partial charge in [-0.05, 0) is 65.7 Å². The summed E-state index contributed by atoms with van der Waals surface area (Å²) in [4.78, 5) is 21.0. The quantitative estimate of drug-likeness (QED) is 0.296. The zero-order chi connectivity index (χ0) is 26.6. The van der Waals surface area contributed by atoms with E-state index in [2.05, 4.69) is 31.2 Å². The highest BCUT2D eigenvalue weighted by atomic mass is 79.9. The number of hydrogen-bond acceptors (Lipinski definition) is 8. The molecule has 0 bridgehead atoms. The monoisotopic (exact) mass is 593 g/mol. The first-order valence-electron chi connectivity index (χ1n) is 11.5. The number of sulfonamides is 1. The zero-order valence-corrected chi connectivity index (χ0v) is 22.8. The summed E-state index contributed by atoms with van der Waals surface area (Å²) in [6, 6.07) is 6.12. The Morgan fingerprint density at radius 3 is 2.59 bits per heavy atom. The molecule has 1 aliphatic carbocycles. The summed E-state index contributed by atoms with van der Waals surface area (Å²) in [5.74, 6) is 0.196. The van der Waals surface area contributed by atoms with Crippen LogP contribution < -0.4 is 20.5 Å². The summed E-state index contributed by atoms with van der Waals surface area (Å²) in [6.45, 7) is 1.38. The molecule has 1 saturated carbocycles. The Labute approximate surface area is 223 Å². The number of amides is 1. The third-order valence-electron chi connectivity index (χ3n) is 5.78. The number of carbonyl (C=O) groups excluding carboxylic acids is 1. The van der Waals surface area contributed by atoms with Crippen LogP contribution in [0, 0.1) is 0 Å². The fourth-order valence-electron chi connectivity index (χ4n) is 3.54. The summed E-state index contributed by atoms with van der Waals surface area (Å²) in [6.07, 6.45) is 6.73. The molecule has 4 rings (SSSR count). The SMILES string of the molecule is CN/C=C\C(N)=NC(=O)c1cc(Oc2ncc(S(=O)(=O)N3CCC3)cc2Br)cc(OC2(COC)CC2)c1. The fraction of sp³-hybridized carbons (Fsp3) is 0.375. The van der Waals surface area contributed by atoms with Gasteiger partial charge in [-0.3, -0.25) is 4.79 Å². The van der Waals surface area contributed by atoms with Gasteiger partial charge in [-0.2, -0.15) is 9.30 Å². The average Bonchev–Trinajstić information content (AvgIpc) is 3.56. The fourth-order valence-corrected chi connectivity index (χ4v) is 5.61. The summed E-state index contributed by atoms with van der Waals surface area (Å²) in [7, 11) is -0.306. The lowest BCUT2D eigenvalue weighted by atomic mass is 10.2. The van der Waals surface area contributed by atoms with E-state index in [0.717, 1.165) is 19.3 Å². The second-order valence-electron chi connectivity index (χ2n) is 8.69. The highest BCUT2D eigenvalue weighted by Gasteiger charge is 2.45. The summed E-state index contributed by atoms with van der Waals surface area (Å²) in [5.41, 5.74) is 5.54. The molecule has 1 amide bonds. The predicted molar refractivity (Wildman–Crippen MR) is 140 cm³/mol. The smallest absolute Gasteiger partial charge is 0.279 e.